The molecule has 1 aromatic rings. The zero-order valence-electron chi connectivity index (χ0n) is 11.8. The Balaban J connectivity index is 2.04. The smallest absolute Gasteiger partial charge is 0.128 e. The van der Waals surface area contributed by atoms with Crippen molar-refractivity contribution >= 4 is 5.82 Å². The van der Waals surface area contributed by atoms with E-state index < -0.39 is 0 Å². The molecule has 2 unspecified atom stereocenters. The van der Waals surface area contributed by atoms with Gasteiger partial charge in [0.15, 0.2) is 0 Å². The van der Waals surface area contributed by atoms with Gasteiger partial charge in [0.1, 0.15) is 5.82 Å². The van der Waals surface area contributed by atoms with Gasteiger partial charge in [-0.25, -0.2) is 4.98 Å². The Kier molecular flexibility index (Phi) is 4.59. The summed E-state index contributed by atoms with van der Waals surface area (Å²) in [5.41, 5.74) is 1.14. The number of anilines is 1. The highest BCUT2D eigenvalue weighted by Crippen LogP contribution is 2.25. The molecule has 2 heterocycles. The molecule has 0 bridgehead atoms. The average molecular weight is 247 g/mol. The van der Waals surface area contributed by atoms with Crippen molar-refractivity contribution in [1.29, 1.82) is 0 Å². The summed E-state index contributed by atoms with van der Waals surface area (Å²) < 4.78 is 0. The van der Waals surface area contributed by atoms with Crippen LogP contribution in [0.3, 0.4) is 0 Å². The monoisotopic (exact) mass is 247 g/mol. The van der Waals surface area contributed by atoms with Crippen LogP contribution >= 0.6 is 0 Å². The quantitative estimate of drug-likeness (QED) is 0.886. The van der Waals surface area contributed by atoms with Gasteiger partial charge in [-0.15, -0.1) is 0 Å². The molecule has 1 aliphatic rings. The molecule has 1 N–H and O–H groups in total. The lowest BCUT2D eigenvalue weighted by Crippen LogP contribution is -2.39. The van der Waals surface area contributed by atoms with Gasteiger partial charge in [0.2, 0.25) is 0 Å². The standard InChI is InChI=1S/C15H25N3/c1-4-16-10-14-6-5-7-15(17-14)18-9-8-12(2)13(3)11-18/h5-7,12-13,16H,4,8-11H2,1-3H3. The van der Waals surface area contributed by atoms with Crippen molar-refractivity contribution in [2.24, 2.45) is 11.8 Å². The van der Waals surface area contributed by atoms with Crippen LogP contribution in [0.4, 0.5) is 5.82 Å². The predicted molar refractivity (Wildman–Crippen MR) is 76.8 cm³/mol. The summed E-state index contributed by atoms with van der Waals surface area (Å²) in [7, 11) is 0. The molecule has 3 heteroatoms. The molecule has 0 aliphatic carbocycles. The summed E-state index contributed by atoms with van der Waals surface area (Å²) >= 11 is 0. The van der Waals surface area contributed by atoms with Gasteiger partial charge < -0.3 is 10.2 Å². The molecule has 0 aromatic carbocycles. The largest absolute Gasteiger partial charge is 0.356 e. The molecule has 0 spiro atoms. The van der Waals surface area contributed by atoms with E-state index in [1.54, 1.807) is 0 Å². The maximum Gasteiger partial charge on any atom is 0.128 e. The van der Waals surface area contributed by atoms with Crippen molar-refractivity contribution in [3.63, 3.8) is 0 Å². The van der Waals surface area contributed by atoms with E-state index in [1.807, 2.05) is 0 Å². The molecular weight excluding hydrogens is 222 g/mol. The van der Waals surface area contributed by atoms with Crippen LogP contribution in [0.5, 0.6) is 0 Å². The molecule has 2 rings (SSSR count). The fourth-order valence-electron chi connectivity index (χ4n) is 2.47. The van der Waals surface area contributed by atoms with E-state index in [0.717, 1.165) is 49.5 Å². The molecule has 3 nitrogen and oxygen atoms in total. The predicted octanol–water partition coefficient (Wildman–Crippen LogP) is 2.67. The van der Waals surface area contributed by atoms with Crippen LogP contribution in [0.15, 0.2) is 18.2 Å². The first-order chi connectivity index (χ1) is 8.70. The first kappa shape index (κ1) is 13.3. The number of nitrogens with zero attached hydrogens (tertiary/aromatic N) is 2. The number of pyridine rings is 1. The minimum atomic E-state index is 0.762. The van der Waals surface area contributed by atoms with Gasteiger partial charge in [-0.2, -0.15) is 0 Å². The number of piperidine rings is 1. The van der Waals surface area contributed by atoms with Crippen molar-refractivity contribution < 1.29 is 0 Å². The highest BCUT2D eigenvalue weighted by Gasteiger charge is 2.23. The lowest BCUT2D eigenvalue weighted by Gasteiger charge is -2.36. The van der Waals surface area contributed by atoms with Gasteiger partial charge in [-0.3, -0.25) is 0 Å². The Morgan fingerprint density at radius 1 is 1.33 bits per heavy atom. The maximum atomic E-state index is 4.76. The number of nitrogens with one attached hydrogen (secondary N) is 1. The van der Waals surface area contributed by atoms with Gasteiger partial charge in [-0.1, -0.05) is 26.8 Å². The zero-order chi connectivity index (χ0) is 13.0. The van der Waals surface area contributed by atoms with Gasteiger partial charge in [0, 0.05) is 19.6 Å². The Hall–Kier alpha value is -1.09. The van der Waals surface area contributed by atoms with E-state index >= 15 is 0 Å². The van der Waals surface area contributed by atoms with Crippen molar-refractivity contribution in [2.45, 2.75) is 33.7 Å². The lowest BCUT2D eigenvalue weighted by atomic mass is 9.89. The number of hydrogen-bond acceptors (Lipinski definition) is 3. The van der Waals surface area contributed by atoms with E-state index in [0.29, 0.717) is 0 Å². The van der Waals surface area contributed by atoms with Crippen molar-refractivity contribution in [3.8, 4) is 0 Å². The van der Waals surface area contributed by atoms with Crippen LogP contribution in [0.2, 0.25) is 0 Å². The summed E-state index contributed by atoms with van der Waals surface area (Å²) in [4.78, 5) is 7.19. The van der Waals surface area contributed by atoms with Crippen LogP contribution in [0.1, 0.15) is 32.9 Å². The van der Waals surface area contributed by atoms with E-state index in [-0.39, 0.29) is 0 Å². The van der Waals surface area contributed by atoms with Gasteiger partial charge in [0.05, 0.1) is 5.69 Å². The minimum absolute atomic E-state index is 0.762. The average Bonchev–Trinajstić information content (AvgIpc) is 2.40. The SMILES string of the molecule is CCNCc1cccc(N2CCC(C)C(C)C2)n1. The third kappa shape index (κ3) is 3.22. The Morgan fingerprint density at radius 3 is 2.89 bits per heavy atom. The first-order valence-electron chi connectivity index (χ1n) is 7.12. The van der Waals surface area contributed by atoms with Crippen LogP contribution < -0.4 is 10.2 Å². The van der Waals surface area contributed by atoms with Crippen LogP contribution in [0.25, 0.3) is 0 Å². The summed E-state index contributed by atoms with van der Waals surface area (Å²) in [5, 5.41) is 3.33. The Labute approximate surface area is 111 Å². The fourth-order valence-corrected chi connectivity index (χ4v) is 2.47. The van der Waals surface area contributed by atoms with E-state index in [1.165, 1.54) is 6.42 Å². The molecule has 1 aromatic heterocycles. The van der Waals surface area contributed by atoms with E-state index in [9.17, 15) is 0 Å². The van der Waals surface area contributed by atoms with Gasteiger partial charge >= 0.3 is 0 Å². The maximum absolute atomic E-state index is 4.76. The second-order valence-corrected chi connectivity index (χ2v) is 5.46. The second kappa shape index (κ2) is 6.19. The molecule has 100 valence electrons. The highest BCUT2D eigenvalue weighted by molar-refractivity contribution is 5.39. The third-order valence-corrected chi connectivity index (χ3v) is 4.01. The summed E-state index contributed by atoms with van der Waals surface area (Å²) in [6.45, 7) is 11.0. The molecule has 1 fully saturated rings. The first-order valence-corrected chi connectivity index (χ1v) is 7.12. The second-order valence-electron chi connectivity index (χ2n) is 5.46. The minimum Gasteiger partial charge on any atom is -0.356 e. The van der Waals surface area contributed by atoms with Crippen LogP contribution in [-0.4, -0.2) is 24.6 Å². The molecule has 1 saturated heterocycles. The Bertz CT molecular complexity index is 378. The topological polar surface area (TPSA) is 28.2 Å². The van der Waals surface area contributed by atoms with E-state index in [2.05, 4.69) is 49.2 Å². The normalized spacial score (nSPS) is 24.3. The summed E-state index contributed by atoms with van der Waals surface area (Å²) in [6, 6.07) is 6.36. The molecule has 0 saturated carbocycles. The third-order valence-electron chi connectivity index (χ3n) is 4.01. The molecule has 0 amide bonds. The number of aromatic nitrogens is 1. The Morgan fingerprint density at radius 2 is 2.17 bits per heavy atom. The molecule has 2 atom stereocenters. The van der Waals surface area contributed by atoms with E-state index in [4.69, 9.17) is 4.98 Å². The lowest BCUT2D eigenvalue weighted by molar-refractivity contribution is 0.322. The molecule has 1 aliphatic heterocycles. The van der Waals surface area contributed by atoms with Gasteiger partial charge in [-0.05, 0) is 36.9 Å². The van der Waals surface area contributed by atoms with Gasteiger partial charge in [0.25, 0.3) is 0 Å². The molecule has 18 heavy (non-hydrogen) atoms. The number of rotatable bonds is 4. The number of hydrogen-bond donors (Lipinski definition) is 1. The van der Waals surface area contributed by atoms with Crippen LogP contribution in [-0.2, 0) is 6.54 Å². The summed E-state index contributed by atoms with van der Waals surface area (Å²) in [6.07, 6.45) is 1.28. The molecule has 0 radical (unpaired) electrons. The zero-order valence-corrected chi connectivity index (χ0v) is 11.8. The molecular formula is C15H25N3. The fraction of sp³-hybridized carbons (Fsp3) is 0.667. The highest BCUT2D eigenvalue weighted by atomic mass is 15.2. The van der Waals surface area contributed by atoms with Crippen molar-refractivity contribution in [3.05, 3.63) is 23.9 Å². The van der Waals surface area contributed by atoms with Crippen LogP contribution in [0, 0.1) is 11.8 Å². The van der Waals surface area contributed by atoms with Crippen molar-refractivity contribution in [2.75, 3.05) is 24.5 Å². The summed E-state index contributed by atoms with van der Waals surface area (Å²) in [5.74, 6) is 2.74. The van der Waals surface area contributed by atoms with Crippen molar-refractivity contribution in [1.82, 2.24) is 10.3 Å².